The molecule has 0 spiro atoms. The summed E-state index contributed by atoms with van der Waals surface area (Å²) in [5.74, 6) is 1.21. The van der Waals surface area contributed by atoms with Gasteiger partial charge >= 0.3 is 0 Å². The van der Waals surface area contributed by atoms with Crippen molar-refractivity contribution in [2.75, 3.05) is 18.0 Å². The largest absolute Gasteiger partial charge is 0.341 e. The Labute approximate surface area is 238 Å². The zero-order valence-electron chi connectivity index (χ0n) is 23.4. The minimum absolute atomic E-state index is 0.0612. The number of aryl methyl sites for hydroxylation is 2. The first kappa shape index (κ1) is 28.3. The van der Waals surface area contributed by atoms with Gasteiger partial charge in [0.25, 0.3) is 15.9 Å². The molecule has 1 aliphatic carbocycles. The van der Waals surface area contributed by atoms with Crippen LogP contribution in [0.4, 0.5) is 5.95 Å². The second-order valence-electron chi connectivity index (χ2n) is 11.4. The van der Waals surface area contributed by atoms with E-state index < -0.39 is 15.9 Å². The van der Waals surface area contributed by atoms with E-state index in [2.05, 4.69) is 44.9 Å². The summed E-state index contributed by atoms with van der Waals surface area (Å²) in [5, 5.41) is 0. The van der Waals surface area contributed by atoms with Gasteiger partial charge in [0, 0.05) is 19.3 Å². The van der Waals surface area contributed by atoms with Gasteiger partial charge in [0.15, 0.2) is 0 Å². The summed E-state index contributed by atoms with van der Waals surface area (Å²) in [5.41, 5.74) is 3.20. The van der Waals surface area contributed by atoms with E-state index >= 15 is 0 Å². The molecule has 1 saturated heterocycles. The van der Waals surface area contributed by atoms with E-state index in [4.69, 9.17) is 4.98 Å². The molecule has 1 aromatic heterocycles. The molecule has 2 aliphatic rings. The van der Waals surface area contributed by atoms with Crippen molar-refractivity contribution in [3.05, 3.63) is 83.2 Å². The van der Waals surface area contributed by atoms with Gasteiger partial charge in [-0.1, -0.05) is 80.1 Å². The topological polar surface area (TPSA) is 92.3 Å². The van der Waals surface area contributed by atoms with Crippen molar-refractivity contribution in [3.63, 3.8) is 0 Å². The molecule has 7 nitrogen and oxygen atoms in total. The number of amides is 1. The maximum Gasteiger partial charge on any atom is 0.268 e. The Morgan fingerprint density at radius 3 is 2.33 bits per heavy atom. The van der Waals surface area contributed by atoms with Crippen LogP contribution >= 0.6 is 0 Å². The van der Waals surface area contributed by atoms with Crippen molar-refractivity contribution >= 4 is 21.9 Å². The van der Waals surface area contributed by atoms with Crippen LogP contribution in [0.2, 0.25) is 0 Å². The van der Waals surface area contributed by atoms with Gasteiger partial charge in [-0.05, 0) is 68.6 Å². The first-order valence-electron chi connectivity index (χ1n) is 14.7. The second-order valence-corrected chi connectivity index (χ2v) is 13.1. The van der Waals surface area contributed by atoms with E-state index in [0.29, 0.717) is 29.9 Å². The van der Waals surface area contributed by atoms with Gasteiger partial charge in [-0.2, -0.15) is 0 Å². The predicted molar refractivity (Wildman–Crippen MR) is 158 cm³/mol. The number of hydrogen-bond donors (Lipinski definition) is 1. The molecule has 1 amide bonds. The van der Waals surface area contributed by atoms with E-state index in [9.17, 15) is 13.2 Å². The minimum Gasteiger partial charge on any atom is -0.341 e. The van der Waals surface area contributed by atoms with Gasteiger partial charge in [-0.15, -0.1) is 0 Å². The second kappa shape index (κ2) is 12.9. The third-order valence-corrected chi connectivity index (χ3v) is 9.78. The van der Waals surface area contributed by atoms with Gasteiger partial charge in [0.05, 0.1) is 16.2 Å². The average Bonchev–Trinajstić information content (AvgIpc) is 2.97. The summed E-state index contributed by atoms with van der Waals surface area (Å²) in [6, 6.07) is 17.1. The number of anilines is 1. The molecule has 1 aliphatic heterocycles. The Bertz CT molecular complexity index is 1380. The fourth-order valence-electron chi connectivity index (χ4n) is 5.99. The zero-order valence-corrected chi connectivity index (χ0v) is 24.2. The fourth-order valence-corrected chi connectivity index (χ4v) is 6.96. The summed E-state index contributed by atoms with van der Waals surface area (Å²) >= 11 is 0. The Morgan fingerprint density at radius 1 is 0.925 bits per heavy atom. The van der Waals surface area contributed by atoms with Crippen molar-refractivity contribution in [2.45, 2.75) is 76.0 Å². The molecule has 212 valence electrons. The lowest BCUT2D eigenvalue weighted by Gasteiger charge is -2.32. The van der Waals surface area contributed by atoms with Crippen LogP contribution in [-0.4, -0.2) is 37.4 Å². The van der Waals surface area contributed by atoms with E-state index in [0.717, 1.165) is 44.3 Å². The van der Waals surface area contributed by atoms with Gasteiger partial charge in [-0.3, -0.25) is 4.79 Å². The van der Waals surface area contributed by atoms with Crippen LogP contribution in [0, 0.1) is 18.8 Å². The molecular weight excluding hydrogens is 520 g/mol. The summed E-state index contributed by atoms with van der Waals surface area (Å²) in [6.07, 6.45) is 12.5. The van der Waals surface area contributed by atoms with Crippen molar-refractivity contribution in [1.29, 1.82) is 0 Å². The molecule has 0 atom stereocenters. The van der Waals surface area contributed by atoms with Crippen LogP contribution in [0.1, 0.15) is 78.5 Å². The molecule has 0 bridgehead atoms. The van der Waals surface area contributed by atoms with Gasteiger partial charge < -0.3 is 4.90 Å². The van der Waals surface area contributed by atoms with Crippen LogP contribution in [0.5, 0.6) is 0 Å². The summed E-state index contributed by atoms with van der Waals surface area (Å²) in [7, 11) is -4.00. The Hall–Kier alpha value is -3.26. The van der Waals surface area contributed by atoms with Crippen molar-refractivity contribution in [2.24, 2.45) is 11.8 Å². The van der Waals surface area contributed by atoms with Crippen LogP contribution in [0.25, 0.3) is 0 Å². The van der Waals surface area contributed by atoms with E-state index in [-0.39, 0.29) is 10.5 Å². The molecule has 0 unspecified atom stereocenters. The number of aromatic nitrogens is 2. The zero-order chi connectivity index (χ0) is 28.0. The number of benzene rings is 2. The molecule has 0 radical (unpaired) electrons. The third kappa shape index (κ3) is 7.27. The van der Waals surface area contributed by atoms with Crippen molar-refractivity contribution in [3.8, 4) is 0 Å². The minimum atomic E-state index is -4.00. The lowest BCUT2D eigenvalue weighted by molar-refractivity contribution is 0.0979. The normalized spacial score (nSPS) is 17.1. The maximum atomic E-state index is 13.3. The van der Waals surface area contributed by atoms with Gasteiger partial charge in [0.2, 0.25) is 5.95 Å². The first-order chi connectivity index (χ1) is 19.4. The molecule has 5 rings (SSSR count). The van der Waals surface area contributed by atoms with Crippen LogP contribution in [0.3, 0.4) is 0 Å². The molecule has 1 saturated carbocycles. The smallest absolute Gasteiger partial charge is 0.268 e. The lowest BCUT2D eigenvalue weighted by atomic mass is 9.85. The molecule has 2 fully saturated rings. The van der Waals surface area contributed by atoms with Gasteiger partial charge in [-0.25, -0.2) is 23.1 Å². The van der Waals surface area contributed by atoms with Crippen molar-refractivity contribution < 1.29 is 13.2 Å². The monoisotopic (exact) mass is 560 g/mol. The summed E-state index contributed by atoms with van der Waals surface area (Å²) < 4.78 is 28.1. The number of nitrogens with zero attached hydrogens (tertiary/aromatic N) is 3. The number of carbonyl (C=O) groups excluding carboxylic acids is 1. The Morgan fingerprint density at radius 2 is 1.62 bits per heavy atom. The highest BCUT2D eigenvalue weighted by molar-refractivity contribution is 7.90. The Kier molecular flexibility index (Phi) is 9.15. The summed E-state index contributed by atoms with van der Waals surface area (Å²) in [4.78, 5) is 25.0. The van der Waals surface area contributed by atoms with E-state index in [1.54, 1.807) is 12.1 Å². The number of hydrogen-bond acceptors (Lipinski definition) is 6. The highest BCUT2D eigenvalue weighted by Crippen LogP contribution is 2.29. The first-order valence-corrected chi connectivity index (χ1v) is 16.1. The number of carbonyl (C=O) groups is 1. The Balaban J connectivity index is 1.31. The third-order valence-electron chi connectivity index (χ3n) is 8.44. The molecule has 40 heavy (non-hydrogen) atoms. The average molecular weight is 561 g/mol. The molecule has 1 N–H and O–H groups in total. The number of rotatable bonds is 9. The lowest BCUT2D eigenvalue weighted by Crippen LogP contribution is -2.36. The highest BCUT2D eigenvalue weighted by atomic mass is 32.2. The quantitative estimate of drug-likeness (QED) is 0.352. The SMILES string of the molecule is Cc1ccc(S(=O)(=O)NC(=O)c2cnc(N3CCC(Cc4ccccc4)CC3)nc2CCC2CCCCC2)cc1. The summed E-state index contributed by atoms with van der Waals surface area (Å²) in [6.45, 7) is 3.62. The van der Waals surface area contributed by atoms with Crippen molar-refractivity contribution in [1.82, 2.24) is 14.7 Å². The predicted octanol–water partition coefficient (Wildman–Crippen LogP) is 5.88. The fraction of sp³-hybridized carbons (Fsp3) is 0.469. The molecular formula is C32H40N4O3S. The maximum absolute atomic E-state index is 13.3. The van der Waals surface area contributed by atoms with Crippen LogP contribution < -0.4 is 9.62 Å². The number of nitrogens with one attached hydrogen (secondary N) is 1. The van der Waals surface area contributed by atoms with Gasteiger partial charge in [0.1, 0.15) is 0 Å². The van der Waals surface area contributed by atoms with Crippen LogP contribution in [-0.2, 0) is 22.9 Å². The molecule has 3 aromatic rings. The molecule has 8 heteroatoms. The van der Waals surface area contributed by atoms with E-state index in [1.165, 1.54) is 56.0 Å². The number of piperidine rings is 1. The number of sulfonamides is 1. The van der Waals surface area contributed by atoms with E-state index in [1.807, 2.05) is 6.92 Å². The standard InChI is InChI=1S/C32H40N4O3S/c1-24-12-15-28(16-13-24)40(38,39)35-31(37)29-23-33-32(34-30(29)17-14-25-8-4-2-5-9-25)36-20-18-27(19-21-36)22-26-10-6-3-7-11-26/h3,6-7,10-13,15-16,23,25,27H,2,4-5,8-9,14,17-22H2,1H3,(H,35,37). The van der Waals surface area contributed by atoms with Crippen LogP contribution in [0.15, 0.2) is 65.7 Å². The molecule has 2 heterocycles. The molecule has 2 aromatic carbocycles. The highest BCUT2D eigenvalue weighted by Gasteiger charge is 2.26.